The largest absolute Gasteiger partial charge is 0.355 e. The van der Waals surface area contributed by atoms with Crippen molar-refractivity contribution in [3.05, 3.63) is 29.6 Å². The van der Waals surface area contributed by atoms with Gasteiger partial charge in [-0.15, -0.1) is 0 Å². The molecule has 4 nitrogen and oxygen atoms in total. The Bertz CT molecular complexity index is 391. The van der Waals surface area contributed by atoms with Crippen LogP contribution in [0.25, 0.3) is 0 Å². The van der Waals surface area contributed by atoms with E-state index in [9.17, 15) is 9.18 Å². The molecule has 0 bridgehead atoms. The van der Waals surface area contributed by atoms with Crippen LogP contribution in [0.2, 0.25) is 0 Å². The molecule has 0 aliphatic rings. The van der Waals surface area contributed by atoms with Gasteiger partial charge in [-0.25, -0.2) is 4.39 Å². The van der Waals surface area contributed by atoms with Gasteiger partial charge in [-0.2, -0.15) is 0 Å². The van der Waals surface area contributed by atoms with Crippen LogP contribution in [-0.2, 0) is 14.3 Å². The number of aryl methyl sites for hydroxylation is 1. The number of carbonyl (C=O) groups is 1. The lowest BCUT2D eigenvalue weighted by atomic mass is 10.2. The first-order valence-corrected chi connectivity index (χ1v) is 5.19. The lowest BCUT2D eigenvalue weighted by Crippen LogP contribution is -2.23. The predicted molar refractivity (Wildman–Crippen MR) is 62.2 cm³/mol. The second-order valence-corrected chi connectivity index (χ2v) is 3.59. The van der Waals surface area contributed by atoms with E-state index in [1.54, 1.807) is 19.1 Å². The minimum atomic E-state index is -0.622. The number of benzene rings is 1. The van der Waals surface area contributed by atoms with E-state index in [1.807, 2.05) is 0 Å². The number of hydrogen-bond acceptors (Lipinski definition) is 3. The Labute approximate surface area is 99.7 Å². The van der Waals surface area contributed by atoms with Gasteiger partial charge in [-0.05, 0) is 18.6 Å². The van der Waals surface area contributed by atoms with E-state index in [0.717, 1.165) is 0 Å². The van der Waals surface area contributed by atoms with Crippen LogP contribution in [0.4, 0.5) is 10.1 Å². The predicted octanol–water partition coefficient (Wildman–Crippen LogP) is 2.08. The summed E-state index contributed by atoms with van der Waals surface area (Å²) >= 11 is 0. The first-order valence-electron chi connectivity index (χ1n) is 5.19. The average molecular weight is 241 g/mol. The highest BCUT2D eigenvalue weighted by Gasteiger charge is 2.14. The minimum Gasteiger partial charge on any atom is -0.355 e. The summed E-state index contributed by atoms with van der Waals surface area (Å²) < 4.78 is 23.4. The lowest BCUT2D eigenvalue weighted by Gasteiger charge is -2.13. The second-order valence-electron chi connectivity index (χ2n) is 3.59. The Hall–Kier alpha value is -1.46. The van der Waals surface area contributed by atoms with Crippen LogP contribution in [0.1, 0.15) is 12.0 Å². The third-order valence-electron chi connectivity index (χ3n) is 2.34. The molecule has 5 heteroatoms. The Morgan fingerprint density at radius 3 is 2.65 bits per heavy atom. The molecule has 1 N–H and O–H groups in total. The van der Waals surface area contributed by atoms with Crippen LogP contribution in [-0.4, -0.2) is 26.4 Å². The molecule has 17 heavy (non-hydrogen) atoms. The Morgan fingerprint density at radius 1 is 1.41 bits per heavy atom. The number of amides is 1. The molecule has 0 saturated carbocycles. The molecule has 1 aromatic carbocycles. The standard InChI is InChI=1S/C12H16FNO3/c1-8-5-4-6-9(12(8)13)14-10(15)7-11(16-2)17-3/h4-6,11H,7H2,1-3H3,(H,14,15). The third kappa shape index (κ3) is 3.80. The van der Waals surface area contributed by atoms with Crippen LogP contribution in [0.5, 0.6) is 0 Å². The number of halogens is 1. The molecule has 0 aliphatic heterocycles. The molecular weight excluding hydrogens is 225 g/mol. The lowest BCUT2D eigenvalue weighted by molar-refractivity contribution is -0.134. The molecule has 1 rings (SSSR count). The smallest absolute Gasteiger partial charge is 0.229 e. The van der Waals surface area contributed by atoms with Gasteiger partial charge in [0.2, 0.25) is 5.91 Å². The highest BCUT2D eigenvalue weighted by molar-refractivity contribution is 5.91. The van der Waals surface area contributed by atoms with E-state index >= 15 is 0 Å². The molecule has 0 saturated heterocycles. The monoisotopic (exact) mass is 241 g/mol. The molecule has 0 fully saturated rings. The molecule has 0 spiro atoms. The van der Waals surface area contributed by atoms with Gasteiger partial charge >= 0.3 is 0 Å². The summed E-state index contributed by atoms with van der Waals surface area (Å²) in [6.07, 6.45) is -0.608. The first-order chi connectivity index (χ1) is 8.08. The Kier molecular flexibility index (Phi) is 5.06. The van der Waals surface area contributed by atoms with Gasteiger partial charge in [0.1, 0.15) is 5.82 Å². The summed E-state index contributed by atoms with van der Waals surface area (Å²) in [5.41, 5.74) is 0.652. The number of nitrogens with one attached hydrogen (secondary N) is 1. The maximum Gasteiger partial charge on any atom is 0.229 e. The molecule has 1 amide bonds. The maximum absolute atomic E-state index is 13.6. The fraction of sp³-hybridized carbons (Fsp3) is 0.417. The molecule has 0 heterocycles. The number of anilines is 1. The van der Waals surface area contributed by atoms with E-state index in [0.29, 0.717) is 5.56 Å². The zero-order valence-corrected chi connectivity index (χ0v) is 10.1. The van der Waals surface area contributed by atoms with E-state index < -0.39 is 12.1 Å². The zero-order chi connectivity index (χ0) is 12.8. The highest BCUT2D eigenvalue weighted by atomic mass is 19.1. The summed E-state index contributed by atoms with van der Waals surface area (Å²) in [6, 6.07) is 4.82. The van der Waals surface area contributed by atoms with Gasteiger partial charge in [0.25, 0.3) is 0 Å². The number of rotatable bonds is 5. The normalized spacial score (nSPS) is 10.6. The highest BCUT2D eigenvalue weighted by Crippen LogP contribution is 2.17. The van der Waals surface area contributed by atoms with E-state index in [-0.39, 0.29) is 18.0 Å². The van der Waals surface area contributed by atoms with Crippen LogP contribution in [0.15, 0.2) is 18.2 Å². The number of carbonyl (C=O) groups excluding carboxylic acids is 1. The molecule has 1 aromatic rings. The first kappa shape index (κ1) is 13.6. The zero-order valence-electron chi connectivity index (χ0n) is 10.1. The van der Waals surface area contributed by atoms with Crippen LogP contribution in [0.3, 0.4) is 0 Å². The van der Waals surface area contributed by atoms with E-state index in [1.165, 1.54) is 20.3 Å². The van der Waals surface area contributed by atoms with Gasteiger partial charge in [-0.1, -0.05) is 12.1 Å². The van der Waals surface area contributed by atoms with Crippen molar-refractivity contribution in [2.24, 2.45) is 0 Å². The van der Waals surface area contributed by atoms with E-state index in [4.69, 9.17) is 9.47 Å². The van der Waals surface area contributed by atoms with Gasteiger partial charge in [0, 0.05) is 14.2 Å². The van der Waals surface area contributed by atoms with Gasteiger partial charge < -0.3 is 14.8 Å². The van der Waals surface area contributed by atoms with Crippen molar-refractivity contribution in [1.82, 2.24) is 0 Å². The van der Waals surface area contributed by atoms with Crippen molar-refractivity contribution in [3.63, 3.8) is 0 Å². The summed E-state index contributed by atoms with van der Waals surface area (Å²) in [5.74, 6) is -0.782. The van der Waals surface area contributed by atoms with E-state index in [2.05, 4.69) is 5.32 Å². The maximum atomic E-state index is 13.6. The molecular formula is C12H16FNO3. The molecule has 0 unspecified atom stereocenters. The molecule has 0 atom stereocenters. The van der Waals surface area contributed by atoms with Crippen LogP contribution >= 0.6 is 0 Å². The van der Waals surface area contributed by atoms with Gasteiger partial charge in [-0.3, -0.25) is 4.79 Å². The Balaban J connectivity index is 2.65. The SMILES string of the molecule is COC(CC(=O)Nc1cccc(C)c1F)OC. The average Bonchev–Trinajstić information content (AvgIpc) is 2.32. The van der Waals surface area contributed by atoms with Crippen LogP contribution < -0.4 is 5.32 Å². The van der Waals surface area contributed by atoms with Crippen molar-refractivity contribution in [2.45, 2.75) is 19.6 Å². The molecule has 94 valence electrons. The second kappa shape index (κ2) is 6.32. The minimum absolute atomic E-state index is 0.0143. The van der Waals surface area contributed by atoms with Crippen molar-refractivity contribution in [2.75, 3.05) is 19.5 Å². The van der Waals surface area contributed by atoms with Crippen molar-refractivity contribution < 1.29 is 18.7 Å². The summed E-state index contributed by atoms with van der Waals surface area (Å²) in [7, 11) is 2.88. The summed E-state index contributed by atoms with van der Waals surface area (Å²) in [6.45, 7) is 1.64. The number of hydrogen-bond donors (Lipinski definition) is 1. The fourth-order valence-electron chi connectivity index (χ4n) is 1.36. The van der Waals surface area contributed by atoms with Crippen LogP contribution in [0, 0.1) is 12.7 Å². The van der Waals surface area contributed by atoms with Gasteiger partial charge in [0.15, 0.2) is 6.29 Å². The number of ether oxygens (including phenoxy) is 2. The van der Waals surface area contributed by atoms with Crippen molar-refractivity contribution >= 4 is 11.6 Å². The van der Waals surface area contributed by atoms with Gasteiger partial charge in [0.05, 0.1) is 12.1 Å². The quantitative estimate of drug-likeness (QED) is 0.803. The fourth-order valence-corrected chi connectivity index (χ4v) is 1.36. The van der Waals surface area contributed by atoms with Crippen molar-refractivity contribution in [3.8, 4) is 0 Å². The van der Waals surface area contributed by atoms with Crippen molar-refractivity contribution in [1.29, 1.82) is 0 Å². The topological polar surface area (TPSA) is 47.6 Å². The molecule has 0 aromatic heterocycles. The summed E-state index contributed by atoms with van der Waals surface area (Å²) in [5, 5.41) is 2.48. The Morgan fingerprint density at radius 2 is 2.06 bits per heavy atom. The summed E-state index contributed by atoms with van der Waals surface area (Å²) in [4.78, 5) is 11.6. The molecule has 0 aliphatic carbocycles. The number of methoxy groups -OCH3 is 2. The third-order valence-corrected chi connectivity index (χ3v) is 2.34. The molecule has 0 radical (unpaired) electrons.